The summed E-state index contributed by atoms with van der Waals surface area (Å²) in [6, 6.07) is 0. The van der Waals surface area contributed by atoms with Gasteiger partial charge >= 0.3 is 18.3 Å². The Morgan fingerprint density at radius 2 is 1.15 bits per heavy atom. The monoisotopic (exact) mass is 336 g/mol. The maximum absolute atomic E-state index is 11.4. The third-order valence-electron chi connectivity index (χ3n) is 1.49. The van der Waals surface area contributed by atoms with Gasteiger partial charge in [0.2, 0.25) is 0 Å². The van der Waals surface area contributed by atoms with Crippen LogP contribution in [-0.4, -0.2) is 38.2 Å². The van der Waals surface area contributed by atoms with E-state index in [9.17, 15) is 48.4 Å². The van der Waals surface area contributed by atoms with Crippen LogP contribution in [0, 0.1) is 5.92 Å². The third-order valence-corrected chi connectivity index (χ3v) is 1.49. The lowest BCUT2D eigenvalue weighted by Crippen LogP contribution is -2.40. The maximum Gasteiger partial charge on any atom is 0.455 e. The molecule has 0 saturated heterocycles. The van der Waals surface area contributed by atoms with Gasteiger partial charge in [0.25, 0.3) is 0 Å². The Kier molecular flexibility index (Phi) is 11.0. The second-order valence-electron chi connectivity index (χ2n) is 3.00. The Labute approximate surface area is 103 Å². The van der Waals surface area contributed by atoms with Crippen LogP contribution in [0.15, 0.2) is 0 Å². The molecule has 0 radical (unpaired) electrons. The van der Waals surface area contributed by atoms with Crippen LogP contribution in [0.1, 0.15) is 0 Å². The molecule has 0 amide bonds. The van der Waals surface area contributed by atoms with Gasteiger partial charge in [-0.1, -0.05) is 0 Å². The largest absolute Gasteiger partial charge is 0.455 e. The minimum absolute atomic E-state index is 0. The maximum atomic E-state index is 11.4. The highest BCUT2D eigenvalue weighted by molar-refractivity contribution is 4.73. The molecule has 126 valence electrons. The first-order valence-electron chi connectivity index (χ1n) is 4.20. The number of halogens is 12. The van der Waals surface area contributed by atoms with Crippen LogP contribution in [0.2, 0.25) is 0 Å². The standard InChI is InChI=1S/C4H5F5.C3H2F6O.FH/c5-1-3(2-6)4(7,8)9;4-2(5,1-10-9)3(6,7)8;/h3H,1-2H2;1H2;1H. The molecule has 0 aliphatic rings. The van der Waals surface area contributed by atoms with Crippen LogP contribution in [0.3, 0.4) is 0 Å². The summed E-state index contributed by atoms with van der Waals surface area (Å²) in [4.78, 5) is 2.16. The normalized spacial score (nSPS) is 12.6. The number of hydrogen-bond donors (Lipinski definition) is 0. The van der Waals surface area contributed by atoms with Crippen molar-refractivity contribution in [2.75, 3.05) is 20.0 Å². The molecule has 0 aromatic heterocycles. The van der Waals surface area contributed by atoms with Gasteiger partial charge in [-0.3, -0.25) is 13.5 Å². The van der Waals surface area contributed by atoms with Gasteiger partial charge < -0.3 is 0 Å². The van der Waals surface area contributed by atoms with E-state index < -0.39 is 44.1 Å². The van der Waals surface area contributed by atoms with E-state index in [1.807, 2.05) is 0 Å². The molecule has 1 nitrogen and oxygen atoms in total. The zero-order valence-electron chi connectivity index (χ0n) is 9.17. The molecule has 0 spiro atoms. The molecule has 0 heterocycles. The lowest BCUT2D eigenvalue weighted by atomic mass is 10.2. The zero-order chi connectivity index (χ0) is 15.9. The molecule has 0 atom stereocenters. The molecule has 0 aliphatic carbocycles. The summed E-state index contributed by atoms with van der Waals surface area (Å²) in [5, 5.41) is 0. The topological polar surface area (TPSA) is 9.23 Å². The van der Waals surface area contributed by atoms with Crippen LogP contribution in [0.4, 0.5) is 53.1 Å². The quantitative estimate of drug-likeness (QED) is 0.694. The van der Waals surface area contributed by atoms with Crippen LogP contribution in [0.5, 0.6) is 0 Å². The number of hydrogen-bond acceptors (Lipinski definition) is 1. The van der Waals surface area contributed by atoms with E-state index in [0.29, 0.717) is 0 Å². The van der Waals surface area contributed by atoms with Crippen molar-refractivity contribution in [1.29, 1.82) is 0 Å². The summed E-state index contributed by atoms with van der Waals surface area (Å²) in [6.07, 6.45) is -10.5. The van der Waals surface area contributed by atoms with Crippen LogP contribution < -0.4 is 0 Å². The second-order valence-corrected chi connectivity index (χ2v) is 3.00. The predicted octanol–water partition coefficient (Wildman–Crippen LogP) is 4.34. The first-order chi connectivity index (χ1) is 8.33. The smallest absolute Gasteiger partial charge is 0.269 e. The summed E-state index contributed by atoms with van der Waals surface area (Å²) < 4.78 is 123. The van der Waals surface area contributed by atoms with Gasteiger partial charge in [-0.2, -0.15) is 40.1 Å². The molecule has 0 bridgehead atoms. The van der Waals surface area contributed by atoms with Crippen molar-refractivity contribution in [3.8, 4) is 0 Å². The van der Waals surface area contributed by atoms with E-state index in [2.05, 4.69) is 4.94 Å². The molecule has 0 aromatic carbocycles. The molecule has 0 aromatic rings. The number of rotatable bonds is 4. The fourth-order valence-electron chi connectivity index (χ4n) is 0.367. The lowest BCUT2D eigenvalue weighted by molar-refractivity contribution is -0.320. The minimum Gasteiger partial charge on any atom is -0.269 e. The van der Waals surface area contributed by atoms with Crippen LogP contribution in [-0.2, 0) is 4.94 Å². The van der Waals surface area contributed by atoms with Crippen LogP contribution in [0.25, 0.3) is 0 Å². The Morgan fingerprint density at radius 1 is 0.800 bits per heavy atom. The summed E-state index contributed by atoms with van der Waals surface area (Å²) in [7, 11) is 0. The highest BCUT2D eigenvalue weighted by Crippen LogP contribution is 2.35. The van der Waals surface area contributed by atoms with Crippen molar-refractivity contribution in [1.82, 2.24) is 0 Å². The predicted molar refractivity (Wildman–Crippen MR) is 42.1 cm³/mol. The molecule has 0 aliphatic heterocycles. The van der Waals surface area contributed by atoms with Gasteiger partial charge in [0.15, 0.2) is 6.61 Å². The Hall–Kier alpha value is -0.880. The summed E-state index contributed by atoms with van der Waals surface area (Å²) in [5.74, 6) is -7.54. The van der Waals surface area contributed by atoms with Crippen molar-refractivity contribution in [2.24, 2.45) is 5.92 Å². The van der Waals surface area contributed by atoms with Gasteiger partial charge in [0, 0.05) is 0 Å². The van der Waals surface area contributed by atoms with E-state index in [1.54, 1.807) is 0 Å². The van der Waals surface area contributed by atoms with E-state index in [1.165, 1.54) is 0 Å². The lowest BCUT2D eigenvalue weighted by Gasteiger charge is -2.16. The summed E-state index contributed by atoms with van der Waals surface area (Å²) >= 11 is 0. The molecule has 0 fully saturated rings. The van der Waals surface area contributed by atoms with Gasteiger partial charge in [-0.25, -0.2) is 0 Å². The number of alkyl halides is 10. The highest BCUT2D eigenvalue weighted by atomic mass is 19.4. The third kappa shape index (κ3) is 9.09. The molecule has 0 saturated carbocycles. The van der Waals surface area contributed by atoms with Gasteiger partial charge in [0.1, 0.15) is 19.3 Å². The fourth-order valence-corrected chi connectivity index (χ4v) is 0.367. The first kappa shape index (κ1) is 24.2. The summed E-state index contributed by atoms with van der Waals surface area (Å²) in [6.45, 7) is -5.66. The van der Waals surface area contributed by atoms with Gasteiger partial charge in [0.05, 0.1) is 0 Å². The highest BCUT2D eigenvalue weighted by Gasteiger charge is 2.58. The van der Waals surface area contributed by atoms with E-state index in [0.717, 1.165) is 0 Å². The van der Waals surface area contributed by atoms with Crippen molar-refractivity contribution in [3.05, 3.63) is 0 Å². The van der Waals surface area contributed by atoms with Crippen molar-refractivity contribution in [3.63, 3.8) is 0 Å². The first-order valence-corrected chi connectivity index (χ1v) is 4.20. The van der Waals surface area contributed by atoms with E-state index in [-0.39, 0.29) is 4.70 Å². The zero-order valence-corrected chi connectivity index (χ0v) is 9.17. The van der Waals surface area contributed by atoms with Crippen molar-refractivity contribution < 1.29 is 58.1 Å². The Bertz CT molecular complexity index is 229. The summed E-state index contributed by atoms with van der Waals surface area (Å²) in [5.41, 5.74) is 0. The van der Waals surface area contributed by atoms with Gasteiger partial charge in [-0.15, -0.1) is 0 Å². The van der Waals surface area contributed by atoms with Gasteiger partial charge in [-0.05, 0) is 4.53 Å². The molecule has 13 heteroatoms. The fraction of sp³-hybridized carbons (Fsp3) is 1.00. The van der Waals surface area contributed by atoms with Crippen LogP contribution >= 0.6 is 0 Å². The van der Waals surface area contributed by atoms with Crippen molar-refractivity contribution in [2.45, 2.75) is 18.3 Å². The average Bonchev–Trinajstić information content (AvgIpc) is 2.16. The van der Waals surface area contributed by atoms with E-state index >= 15 is 0 Å². The minimum atomic E-state index is -5.75. The molecule has 0 rings (SSSR count). The Morgan fingerprint density at radius 3 is 1.20 bits per heavy atom. The molecular formula is C7H8F12O. The van der Waals surface area contributed by atoms with E-state index in [4.69, 9.17) is 0 Å². The second kappa shape index (κ2) is 9.13. The average molecular weight is 336 g/mol. The van der Waals surface area contributed by atoms with Crippen molar-refractivity contribution >= 4 is 0 Å². The molecule has 0 unspecified atom stereocenters. The molecule has 20 heavy (non-hydrogen) atoms. The molecule has 0 N–H and O–H groups in total. The molecular weight excluding hydrogens is 328 g/mol. The SMILES string of the molecule is F.FCC(CF)C(F)(F)F.FOCC(F)(F)C(F)(F)F. The Balaban J connectivity index is -0.000000277.